The van der Waals surface area contributed by atoms with Gasteiger partial charge in [-0.3, -0.25) is 0 Å². The first-order chi connectivity index (χ1) is 8.90. The van der Waals surface area contributed by atoms with Gasteiger partial charge in [0.05, 0.1) is 5.69 Å². The summed E-state index contributed by atoms with van der Waals surface area (Å²) in [5.74, 6) is -2.85. The predicted molar refractivity (Wildman–Crippen MR) is 71.2 cm³/mol. The summed E-state index contributed by atoms with van der Waals surface area (Å²) in [5.41, 5.74) is -0.209. The highest BCUT2D eigenvalue weighted by Gasteiger charge is 2.20. The normalized spacial score (nSPS) is 10.5. The monoisotopic (exact) mass is 348 g/mol. The molecule has 2 rings (SSSR count). The molecule has 2 aromatic rings. The Morgan fingerprint density at radius 3 is 2.53 bits per heavy atom. The number of carboxylic acid groups (broad SMARTS) is 1. The van der Waals surface area contributed by atoms with Crippen LogP contribution in [-0.2, 0) is 0 Å². The molecule has 0 radical (unpaired) electrons. The lowest BCUT2D eigenvalue weighted by atomic mass is 10.2. The lowest BCUT2D eigenvalue weighted by molar-refractivity contribution is 0.0697. The Hall–Kier alpha value is -1.54. The lowest BCUT2D eigenvalue weighted by Crippen LogP contribution is -2.03. The fraction of sp³-hybridized carbons (Fsp3) is 0.0909. The maximum atomic E-state index is 13.6. The minimum atomic E-state index is -1.20. The molecule has 0 atom stereocenters. The molecular weight excluding hydrogens is 342 g/mol. The molecule has 0 aliphatic heterocycles. The smallest absolute Gasteiger partial charge is 0.340 e. The van der Waals surface area contributed by atoms with Gasteiger partial charge in [0.2, 0.25) is 0 Å². The van der Waals surface area contributed by atoms with Crippen LogP contribution in [0.5, 0.6) is 0 Å². The van der Waals surface area contributed by atoms with Gasteiger partial charge in [-0.25, -0.2) is 13.6 Å². The van der Waals surface area contributed by atoms with E-state index in [-0.39, 0.29) is 20.7 Å². The molecule has 19 heavy (non-hydrogen) atoms. The van der Waals surface area contributed by atoms with E-state index in [1.807, 2.05) is 0 Å². The number of nitrogens with zero attached hydrogens (tertiary/aromatic N) is 1. The van der Waals surface area contributed by atoms with Crippen molar-refractivity contribution in [2.75, 3.05) is 5.32 Å². The van der Waals surface area contributed by atoms with Crippen molar-refractivity contribution in [2.24, 2.45) is 0 Å². The Bertz CT molecular complexity index is 637. The number of carbonyl (C=O) groups is 1. The molecule has 0 saturated heterocycles. The summed E-state index contributed by atoms with van der Waals surface area (Å²) in [6.45, 7) is 1.51. The summed E-state index contributed by atoms with van der Waals surface area (Å²) >= 11 is 3.80. The van der Waals surface area contributed by atoms with Gasteiger partial charge in [-0.1, -0.05) is 15.9 Å². The van der Waals surface area contributed by atoms with Gasteiger partial charge >= 0.3 is 5.97 Å². The first kappa shape index (κ1) is 13.9. The van der Waals surface area contributed by atoms with E-state index >= 15 is 0 Å². The molecule has 1 aromatic carbocycles. The molecule has 1 heterocycles. The number of carboxylic acids is 1. The van der Waals surface area contributed by atoms with E-state index in [0.29, 0.717) is 0 Å². The van der Waals surface area contributed by atoms with Crippen LogP contribution in [0.15, 0.2) is 16.6 Å². The summed E-state index contributed by atoms with van der Waals surface area (Å²) in [6.07, 6.45) is 0. The van der Waals surface area contributed by atoms with Gasteiger partial charge in [0, 0.05) is 4.47 Å². The summed E-state index contributed by atoms with van der Waals surface area (Å²) in [4.78, 5) is 11.0. The summed E-state index contributed by atoms with van der Waals surface area (Å²) in [6, 6.07) is 2.17. The second-order valence-electron chi connectivity index (χ2n) is 3.65. The Morgan fingerprint density at radius 2 is 2.00 bits per heavy atom. The highest BCUT2D eigenvalue weighted by atomic mass is 79.9. The van der Waals surface area contributed by atoms with Gasteiger partial charge in [0.1, 0.15) is 16.3 Å². The molecule has 2 N–H and O–H groups in total. The van der Waals surface area contributed by atoms with E-state index in [9.17, 15) is 13.6 Å². The third-order valence-corrected chi connectivity index (χ3v) is 3.63. The van der Waals surface area contributed by atoms with Crippen molar-refractivity contribution in [3.63, 3.8) is 0 Å². The Balaban J connectivity index is 2.45. The molecule has 8 heteroatoms. The van der Waals surface area contributed by atoms with Crippen LogP contribution in [-0.4, -0.2) is 15.4 Å². The average molecular weight is 349 g/mol. The van der Waals surface area contributed by atoms with E-state index in [2.05, 4.69) is 25.6 Å². The largest absolute Gasteiger partial charge is 0.478 e. The minimum absolute atomic E-state index is 0.0881. The van der Waals surface area contributed by atoms with Crippen LogP contribution in [0.3, 0.4) is 0 Å². The van der Waals surface area contributed by atoms with Crippen molar-refractivity contribution in [2.45, 2.75) is 6.92 Å². The lowest BCUT2D eigenvalue weighted by Gasteiger charge is -2.08. The standard InChI is InChI=1S/C11H7BrF2N2O2S/c1-4-8(11(17)18)10(19-16-4)15-9-6(13)2-5(12)3-7(9)14/h2-3,15H,1H3,(H,17,18). The molecule has 0 unspecified atom stereocenters. The number of hydrogen-bond donors (Lipinski definition) is 2. The predicted octanol–water partition coefficient (Wildman–Crippen LogP) is 3.93. The van der Waals surface area contributed by atoms with Crippen molar-refractivity contribution in [1.29, 1.82) is 0 Å². The minimum Gasteiger partial charge on any atom is -0.478 e. The number of nitrogens with one attached hydrogen (secondary N) is 1. The zero-order valence-corrected chi connectivity index (χ0v) is 11.9. The average Bonchev–Trinajstić information content (AvgIpc) is 2.64. The van der Waals surface area contributed by atoms with Crippen molar-refractivity contribution in [3.8, 4) is 0 Å². The van der Waals surface area contributed by atoms with Gasteiger partial charge in [-0.2, -0.15) is 4.37 Å². The summed E-state index contributed by atoms with van der Waals surface area (Å²) < 4.78 is 31.4. The first-order valence-corrected chi connectivity index (χ1v) is 6.58. The maximum Gasteiger partial charge on any atom is 0.340 e. The van der Waals surface area contributed by atoms with Gasteiger partial charge in [-0.05, 0) is 30.6 Å². The molecule has 0 fully saturated rings. The van der Waals surface area contributed by atoms with E-state index in [1.54, 1.807) is 0 Å². The Kier molecular flexibility index (Phi) is 3.81. The number of benzene rings is 1. The topological polar surface area (TPSA) is 62.2 Å². The number of anilines is 2. The van der Waals surface area contributed by atoms with E-state index < -0.39 is 23.3 Å². The number of rotatable bonds is 3. The molecule has 0 spiro atoms. The molecule has 4 nitrogen and oxygen atoms in total. The fourth-order valence-electron chi connectivity index (χ4n) is 1.48. The third-order valence-electron chi connectivity index (χ3n) is 2.32. The van der Waals surface area contributed by atoms with Crippen molar-refractivity contribution < 1.29 is 18.7 Å². The van der Waals surface area contributed by atoms with Crippen LogP contribution in [0, 0.1) is 18.6 Å². The SMILES string of the molecule is Cc1nsc(Nc2c(F)cc(Br)cc2F)c1C(=O)O. The molecule has 0 aliphatic rings. The third kappa shape index (κ3) is 2.74. The Labute approximate surface area is 119 Å². The molecular formula is C11H7BrF2N2O2S. The second-order valence-corrected chi connectivity index (χ2v) is 5.34. The van der Waals surface area contributed by atoms with E-state index in [4.69, 9.17) is 5.11 Å². The van der Waals surface area contributed by atoms with Crippen LogP contribution in [0.1, 0.15) is 16.1 Å². The number of halogens is 3. The van der Waals surface area contributed by atoms with Crippen LogP contribution < -0.4 is 5.32 Å². The maximum absolute atomic E-state index is 13.6. The Morgan fingerprint density at radius 1 is 1.42 bits per heavy atom. The molecule has 0 amide bonds. The number of aryl methyl sites for hydroxylation is 1. The molecule has 0 bridgehead atoms. The van der Waals surface area contributed by atoms with Crippen molar-refractivity contribution in [3.05, 3.63) is 39.5 Å². The van der Waals surface area contributed by atoms with Crippen molar-refractivity contribution in [1.82, 2.24) is 4.37 Å². The fourth-order valence-corrected chi connectivity index (χ4v) is 2.68. The molecule has 100 valence electrons. The number of aromatic nitrogens is 1. The van der Waals surface area contributed by atoms with Crippen LogP contribution >= 0.6 is 27.5 Å². The highest BCUT2D eigenvalue weighted by molar-refractivity contribution is 9.10. The molecule has 0 saturated carbocycles. The van der Waals surface area contributed by atoms with Gasteiger partial charge in [0.25, 0.3) is 0 Å². The van der Waals surface area contributed by atoms with E-state index in [1.165, 1.54) is 6.92 Å². The van der Waals surface area contributed by atoms with Gasteiger partial charge < -0.3 is 10.4 Å². The second kappa shape index (κ2) is 5.22. The van der Waals surface area contributed by atoms with Crippen molar-refractivity contribution >= 4 is 44.1 Å². The first-order valence-electron chi connectivity index (χ1n) is 5.01. The van der Waals surface area contributed by atoms with E-state index in [0.717, 1.165) is 23.7 Å². The van der Waals surface area contributed by atoms with Crippen LogP contribution in [0.25, 0.3) is 0 Å². The molecule has 1 aromatic heterocycles. The summed E-state index contributed by atoms with van der Waals surface area (Å²) in [5, 5.41) is 11.6. The highest BCUT2D eigenvalue weighted by Crippen LogP contribution is 2.31. The number of aromatic carboxylic acids is 1. The summed E-state index contributed by atoms with van der Waals surface area (Å²) in [7, 11) is 0. The number of hydrogen-bond acceptors (Lipinski definition) is 4. The van der Waals surface area contributed by atoms with Gasteiger partial charge in [0.15, 0.2) is 11.6 Å². The zero-order valence-electron chi connectivity index (χ0n) is 9.50. The molecule has 0 aliphatic carbocycles. The van der Waals surface area contributed by atoms with Crippen LogP contribution in [0.2, 0.25) is 0 Å². The zero-order chi connectivity index (χ0) is 14.2. The van der Waals surface area contributed by atoms with Crippen LogP contribution in [0.4, 0.5) is 19.5 Å². The van der Waals surface area contributed by atoms with Gasteiger partial charge in [-0.15, -0.1) is 0 Å². The quantitative estimate of drug-likeness (QED) is 0.881.